The van der Waals surface area contributed by atoms with Crippen molar-refractivity contribution in [2.75, 3.05) is 6.54 Å². The van der Waals surface area contributed by atoms with E-state index in [-0.39, 0.29) is 0 Å². The molecule has 0 aliphatic rings. The number of para-hydroxylation sites is 1. The highest BCUT2D eigenvalue weighted by atomic mass is 32.1. The van der Waals surface area contributed by atoms with Gasteiger partial charge in [0.1, 0.15) is 5.01 Å². The smallest absolute Gasteiger partial charge is 0.191 e. The second-order valence-corrected chi connectivity index (χ2v) is 6.81. The number of aromatic nitrogens is 2. The Hall–Kier alpha value is -2.47. The zero-order valence-electron chi connectivity index (χ0n) is 14.6. The summed E-state index contributed by atoms with van der Waals surface area (Å²) in [6.45, 7) is 6.33. The molecule has 0 saturated carbocycles. The van der Waals surface area contributed by atoms with Crippen LogP contribution in [0, 0.1) is 0 Å². The molecule has 5 nitrogen and oxygen atoms in total. The average Bonchev–Trinajstić information content (AvgIpc) is 3.12. The van der Waals surface area contributed by atoms with E-state index in [1.165, 1.54) is 10.4 Å². The monoisotopic (exact) mass is 353 g/mol. The Morgan fingerprint density at radius 2 is 2.00 bits per heavy atom. The number of fused-ring (bicyclic) bond motifs is 1. The summed E-state index contributed by atoms with van der Waals surface area (Å²) >= 11 is 1.74. The second kappa shape index (κ2) is 8.58. The van der Waals surface area contributed by atoms with Gasteiger partial charge >= 0.3 is 0 Å². The first-order valence-electron chi connectivity index (χ1n) is 8.58. The van der Waals surface area contributed by atoms with Crippen LogP contribution in [0.3, 0.4) is 0 Å². The number of aliphatic imine (C=N–C) groups is 1. The van der Waals surface area contributed by atoms with Gasteiger partial charge in [-0.3, -0.25) is 4.98 Å². The number of thiazole rings is 1. The zero-order valence-corrected chi connectivity index (χ0v) is 15.4. The predicted octanol–water partition coefficient (Wildman–Crippen LogP) is 3.51. The van der Waals surface area contributed by atoms with Gasteiger partial charge in [0, 0.05) is 29.2 Å². The van der Waals surface area contributed by atoms with Crippen LogP contribution < -0.4 is 10.6 Å². The highest BCUT2D eigenvalue weighted by molar-refractivity contribution is 7.11. The molecule has 130 valence electrons. The van der Waals surface area contributed by atoms with Gasteiger partial charge in [0.2, 0.25) is 0 Å². The summed E-state index contributed by atoms with van der Waals surface area (Å²) in [6, 6.07) is 10.2. The number of hydrogen-bond acceptors (Lipinski definition) is 4. The molecule has 2 heterocycles. The van der Waals surface area contributed by atoms with Crippen molar-refractivity contribution in [3.05, 3.63) is 58.2 Å². The Balaban J connectivity index is 1.70. The fourth-order valence-electron chi connectivity index (χ4n) is 2.55. The fourth-order valence-corrected chi connectivity index (χ4v) is 3.35. The number of aryl methyl sites for hydroxylation is 1. The molecule has 0 radical (unpaired) electrons. The van der Waals surface area contributed by atoms with Crippen molar-refractivity contribution in [1.82, 2.24) is 20.6 Å². The number of hydrogen-bond donors (Lipinski definition) is 2. The van der Waals surface area contributed by atoms with Crippen LogP contribution in [0.15, 0.2) is 47.7 Å². The Bertz CT molecular complexity index is 850. The SMILES string of the molecule is CCNC(=NCc1ccnc2ccccc12)NCc1ncc(CC)s1. The van der Waals surface area contributed by atoms with Gasteiger partial charge in [0.05, 0.1) is 18.6 Å². The van der Waals surface area contributed by atoms with Gasteiger partial charge in [-0.15, -0.1) is 11.3 Å². The van der Waals surface area contributed by atoms with Crippen LogP contribution in [-0.2, 0) is 19.5 Å². The van der Waals surface area contributed by atoms with Crippen molar-refractivity contribution in [3.8, 4) is 0 Å². The van der Waals surface area contributed by atoms with Gasteiger partial charge in [0.15, 0.2) is 5.96 Å². The lowest BCUT2D eigenvalue weighted by atomic mass is 10.1. The third-order valence-electron chi connectivity index (χ3n) is 3.85. The summed E-state index contributed by atoms with van der Waals surface area (Å²) < 4.78 is 0. The van der Waals surface area contributed by atoms with Crippen molar-refractivity contribution < 1.29 is 0 Å². The molecule has 0 spiro atoms. The molecule has 6 heteroatoms. The molecule has 25 heavy (non-hydrogen) atoms. The molecule has 3 aromatic rings. The van der Waals surface area contributed by atoms with Crippen LogP contribution in [0.1, 0.15) is 29.3 Å². The number of nitrogens with one attached hydrogen (secondary N) is 2. The van der Waals surface area contributed by atoms with Gasteiger partial charge in [-0.05, 0) is 31.0 Å². The Morgan fingerprint density at radius 1 is 1.12 bits per heavy atom. The lowest BCUT2D eigenvalue weighted by molar-refractivity contribution is 0.812. The third kappa shape index (κ3) is 4.54. The maximum absolute atomic E-state index is 4.72. The molecular weight excluding hydrogens is 330 g/mol. The van der Waals surface area contributed by atoms with Gasteiger partial charge < -0.3 is 10.6 Å². The van der Waals surface area contributed by atoms with Gasteiger partial charge in [-0.2, -0.15) is 0 Å². The summed E-state index contributed by atoms with van der Waals surface area (Å²) in [5.74, 6) is 0.802. The van der Waals surface area contributed by atoms with Crippen LogP contribution in [0.2, 0.25) is 0 Å². The van der Waals surface area contributed by atoms with Crippen molar-refractivity contribution in [3.63, 3.8) is 0 Å². The van der Waals surface area contributed by atoms with Crippen molar-refractivity contribution >= 4 is 28.2 Å². The standard InChI is InChI=1S/C19H23N5S/c1-3-15-12-22-18(25-15)13-24-19(20-4-2)23-11-14-9-10-21-17-8-6-5-7-16(14)17/h5-10,12H,3-4,11,13H2,1-2H3,(H2,20,23,24). The molecule has 0 amide bonds. The minimum atomic E-state index is 0.608. The molecule has 0 bridgehead atoms. The van der Waals surface area contributed by atoms with Crippen LogP contribution in [-0.4, -0.2) is 22.5 Å². The Kier molecular flexibility index (Phi) is 5.95. The molecule has 3 rings (SSSR count). The van der Waals surface area contributed by atoms with Gasteiger partial charge in [-0.1, -0.05) is 25.1 Å². The predicted molar refractivity (Wildman–Crippen MR) is 105 cm³/mol. The van der Waals surface area contributed by atoms with E-state index in [9.17, 15) is 0 Å². The van der Waals surface area contributed by atoms with E-state index >= 15 is 0 Å². The lowest BCUT2D eigenvalue weighted by Gasteiger charge is -2.10. The van der Waals surface area contributed by atoms with Crippen LogP contribution >= 0.6 is 11.3 Å². The van der Waals surface area contributed by atoms with E-state index in [2.05, 4.69) is 40.5 Å². The topological polar surface area (TPSA) is 62.2 Å². The average molecular weight is 353 g/mol. The molecule has 2 aromatic heterocycles. The molecule has 0 aliphatic carbocycles. The highest BCUT2D eigenvalue weighted by Gasteiger charge is 2.04. The Labute approximate surface area is 152 Å². The molecular formula is C19H23N5S. The van der Waals surface area contributed by atoms with Gasteiger partial charge in [0.25, 0.3) is 0 Å². The lowest BCUT2D eigenvalue weighted by Crippen LogP contribution is -2.36. The second-order valence-electron chi connectivity index (χ2n) is 5.61. The summed E-state index contributed by atoms with van der Waals surface area (Å²) in [6.07, 6.45) is 4.82. The van der Waals surface area contributed by atoms with Gasteiger partial charge in [-0.25, -0.2) is 9.98 Å². The first kappa shape index (κ1) is 17.4. The van der Waals surface area contributed by atoms with E-state index < -0.39 is 0 Å². The number of nitrogens with zero attached hydrogens (tertiary/aromatic N) is 3. The first-order valence-corrected chi connectivity index (χ1v) is 9.40. The van der Waals surface area contributed by atoms with Crippen molar-refractivity contribution in [2.45, 2.75) is 33.4 Å². The normalized spacial score (nSPS) is 11.7. The zero-order chi connectivity index (χ0) is 17.5. The minimum absolute atomic E-state index is 0.608. The van der Waals surface area contributed by atoms with E-state index in [0.717, 1.165) is 34.8 Å². The molecule has 0 fully saturated rings. The summed E-state index contributed by atoms with van der Waals surface area (Å²) in [7, 11) is 0. The number of pyridine rings is 1. The molecule has 0 unspecified atom stereocenters. The number of guanidine groups is 1. The van der Waals surface area contributed by atoms with E-state index in [0.29, 0.717) is 13.1 Å². The van der Waals surface area contributed by atoms with Crippen LogP contribution in [0.4, 0.5) is 0 Å². The summed E-state index contributed by atoms with van der Waals surface area (Å²) in [5.41, 5.74) is 2.17. The summed E-state index contributed by atoms with van der Waals surface area (Å²) in [4.78, 5) is 14.9. The van der Waals surface area contributed by atoms with E-state index in [1.54, 1.807) is 11.3 Å². The third-order valence-corrected chi connectivity index (χ3v) is 4.99. The van der Waals surface area contributed by atoms with Crippen LogP contribution in [0.25, 0.3) is 10.9 Å². The number of rotatable bonds is 6. The highest BCUT2D eigenvalue weighted by Crippen LogP contribution is 2.17. The Morgan fingerprint density at radius 3 is 2.80 bits per heavy atom. The molecule has 0 saturated heterocycles. The maximum Gasteiger partial charge on any atom is 0.191 e. The number of benzene rings is 1. The first-order chi connectivity index (χ1) is 12.3. The molecule has 2 N–H and O–H groups in total. The molecule has 1 aromatic carbocycles. The molecule has 0 aliphatic heterocycles. The largest absolute Gasteiger partial charge is 0.357 e. The maximum atomic E-state index is 4.72. The minimum Gasteiger partial charge on any atom is -0.357 e. The molecule has 0 atom stereocenters. The quantitative estimate of drug-likeness (QED) is 0.526. The fraction of sp³-hybridized carbons (Fsp3) is 0.316. The van der Waals surface area contributed by atoms with Crippen molar-refractivity contribution in [1.29, 1.82) is 0 Å². The van der Waals surface area contributed by atoms with Crippen molar-refractivity contribution in [2.24, 2.45) is 4.99 Å². The van der Waals surface area contributed by atoms with Crippen LogP contribution in [0.5, 0.6) is 0 Å². The summed E-state index contributed by atoms with van der Waals surface area (Å²) in [5, 5.41) is 8.89. The van der Waals surface area contributed by atoms with E-state index in [4.69, 9.17) is 4.99 Å². The van der Waals surface area contributed by atoms with E-state index in [1.807, 2.05) is 36.7 Å².